The third kappa shape index (κ3) is 2.78. The van der Waals surface area contributed by atoms with Crippen LogP contribution in [0.3, 0.4) is 0 Å². The molecule has 3 aromatic rings. The van der Waals surface area contributed by atoms with Gasteiger partial charge in [0.05, 0.1) is 16.3 Å². The summed E-state index contributed by atoms with van der Waals surface area (Å²) in [7, 11) is 0. The number of rotatable bonds is 3. The summed E-state index contributed by atoms with van der Waals surface area (Å²) in [5.74, 6) is 0. The van der Waals surface area contributed by atoms with Gasteiger partial charge in [0.15, 0.2) is 0 Å². The molecule has 4 heteroatoms. The molecule has 19 heavy (non-hydrogen) atoms. The quantitative estimate of drug-likeness (QED) is 0.785. The lowest BCUT2D eigenvalue weighted by molar-refractivity contribution is 0.717. The fraction of sp³-hybridized carbons (Fsp3) is 0.133. The van der Waals surface area contributed by atoms with E-state index in [1.807, 2.05) is 42.5 Å². The molecular weight excluding hydrogens is 276 g/mol. The van der Waals surface area contributed by atoms with Crippen LogP contribution >= 0.6 is 22.9 Å². The smallest absolute Gasteiger partial charge is 0.111 e. The maximum atomic E-state index is 6.25. The van der Waals surface area contributed by atoms with E-state index >= 15 is 0 Å². The molecule has 2 N–H and O–H groups in total. The van der Waals surface area contributed by atoms with E-state index in [0.717, 1.165) is 27.5 Å². The number of hydrogen-bond acceptors (Lipinski definition) is 3. The van der Waals surface area contributed by atoms with Crippen molar-refractivity contribution in [2.45, 2.75) is 12.5 Å². The van der Waals surface area contributed by atoms with E-state index in [1.165, 1.54) is 4.70 Å². The molecule has 0 fully saturated rings. The number of halogens is 1. The second kappa shape index (κ2) is 5.29. The third-order valence-electron chi connectivity index (χ3n) is 2.97. The first kappa shape index (κ1) is 12.6. The van der Waals surface area contributed by atoms with Crippen molar-refractivity contribution in [1.29, 1.82) is 0 Å². The summed E-state index contributed by atoms with van der Waals surface area (Å²) >= 11 is 7.64. The number of para-hydroxylation sites is 1. The van der Waals surface area contributed by atoms with Gasteiger partial charge in [0, 0.05) is 5.02 Å². The zero-order valence-corrected chi connectivity index (χ0v) is 11.8. The van der Waals surface area contributed by atoms with Gasteiger partial charge in [0.25, 0.3) is 0 Å². The van der Waals surface area contributed by atoms with Gasteiger partial charge in [-0.25, -0.2) is 4.98 Å². The van der Waals surface area contributed by atoms with E-state index in [0.29, 0.717) is 0 Å². The van der Waals surface area contributed by atoms with Crippen molar-refractivity contribution in [2.24, 2.45) is 5.73 Å². The van der Waals surface area contributed by atoms with Crippen LogP contribution in [0, 0.1) is 0 Å². The molecule has 0 saturated heterocycles. The average molecular weight is 289 g/mol. The van der Waals surface area contributed by atoms with Crippen LogP contribution in [0.4, 0.5) is 0 Å². The summed E-state index contributed by atoms with van der Waals surface area (Å²) in [5.41, 5.74) is 8.40. The Morgan fingerprint density at radius 1 is 1.16 bits per heavy atom. The van der Waals surface area contributed by atoms with Crippen LogP contribution in [0.1, 0.15) is 16.6 Å². The van der Waals surface area contributed by atoms with Crippen molar-refractivity contribution in [3.05, 3.63) is 64.1 Å². The molecule has 1 atom stereocenters. The minimum atomic E-state index is -0.0872. The van der Waals surface area contributed by atoms with E-state index in [1.54, 1.807) is 11.3 Å². The van der Waals surface area contributed by atoms with E-state index in [-0.39, 0.29) is 6.04 Å². The maximum absolute atomic E-state index is 6.25. The van der Waals surface area contributed by atoms with Crippen LogP contribution in [-0.2, 0) is 6.42 Å². The summed E-state index contributed by atoms with van der Waals surface area (Å²) in [4.78, 5) is 4.59. The molecule has 96 valence electrons. The first-order valence-corrected chi connectivity index (χ1v) is 7.27. The molecule has 0 spiro atoms. The van der Waals surface area contributed by atoms with Crippen molar-refractivity contribution < 1.29 is 0 Å². The molecule has 3 rings (SSSR count). The number of benzene rings is 2. The molecule has 2 aromatic carbocycles. The number of fused-ring (bicyclic) bond motifs is 1. The highest BCUT2D eigenvalue weighted by Crippen LogP contribution is 2.27. The standard InChI is InChI=1S/C15H13ClN2S/c16-11-5-3-4-10(8-11)9-12(17)15-18-13-6-1-2-7-14(13)19-15/h1-8,12H,9,17H2. The van der Waals surface area contributed by atoms with Gasteiger partial charge in [-0.05, 0) is 36.2 Å². The first-order valence-electron chi connectivity index (χ1n) is 6.08. The van der Waals surface area contributed by atoms with Crippen LogP contribution in [0.15, 0.2) is 48.5 Å². The van der Waals surface area contributed by atoms with E-state index < -0.39 is 0 Å². The van der Waals surface area contributed by atoms with Gasteiger partial charge in [-0.15, -0.1) is 11.3 Å². The van der Waals surface area contributed by atoms with Crippen LogP contribution in [0.5, 0.6) is 0 Å². The highest BCUT2D eigenvalue weighted by atomic mass is 35.5. The molecule has 0 aliphatic heterocycles. The Hall–Kier alpha value is -1.42. The van der Waals surface area contributed by atoms with Crippen LogP contribution in [-0.4, -0.2) is 4.98 Å². The highest BCUT2D eigenvalue weighted by molar-refractivity contribution is 7.18. The van der Waals surface area contributed by atoms with Crippen LogP contribution in [0.25, 0.3) is 10.2 Å². The van der Waals surface area contributed by atoms with Crippen molar-refractivity contribution >= 4 is 33.2 Å². The van der Waals surface area contributed by atoms with Crippen molar-refractivity contribution in [3.63, 3.8) is 0 Å². The molecule has 0 radical (unpaired) electrons. The number of hydrogen-bond donors (Lipinski definition) is 1. The van der Waals surface area contributed by atoms with Gasteiger partial charge in [0.2, 0.25) is 0 Å². The molecular formula is C15H13ClN2S. The van der Waals surface area contributed by atoms with Crippen LogP contribution in [0.2, 0.25) is 5.02 Å². The Balaban J connectivity index is 1.85. The lowest BCUT2D eigenvalue weighted by atomic mass is 10.1. The van der Waals surface area contributed by atoms with E-state index in [9.17, 15) is 0 Å². The summed E-state index contributed by atoms with van der Waals surface area (Å²) in [6.45, 7) is 0. The van der Waals surface area contributed by atoms with Gasteiger partial charge >= 0.3 is 0 Å². The minimum Gasteiger partial charge on any atom is -0.322 e. The summed E-state index contributed by atoms with van der Waals surface area (Å²) < 4.78 is 1.18. The largest absolute Gasteiger partial charge is 0.322 e. The molecule has 1 unspecified atom stereocenters. The number of thiazole rings is 1. The van der Waals surface area contributed by atoms with Crippen molar-refractivity contribution in [3.8, 4) is 0 Å². The fourth-order valence-corrected chi connectivity index (χ4v) is 3.24. The maximum Gasteiger partial charge on any atom is 0.111 e. The Morgan fingerprint density at radius 3 is 2.79 bits per heavy atom. The molecule has 1 aromatic heterocycles. The average Bonchev–Trinajstić information content (AvgIpc) is 2.82. The van der Waals surface area contributed by atoms with Crippen LogP contribution < -0.4 is 5.73 Å². The normalized spacial score (nSPS) is 12.7. The summed E-state index contributed by atoms with van der Waals surface area (Å²) in [6, 6.07) is 15.8. The predicted octanol–water partition coefficient (Wildman–Crippen LogP) is 4.19. The Labute approximate surface area is 120 Å². The molecule has 0 aliphatic carbocycles. The number of nitrogens with two attached hydrogens (primary N) is 1. The van der Waals surface area contributed by atoms with Gasteiger partial charge in [-0.3, -0.25) is 0 Å². The predicted molar refractivity (Wildman–Crippen MR) is 81.7 cm³/mol. The zero-order chi connectivity index (χ0) is 13.2. The first-order chi connectivity index (χ1) is 9.22. The monoisotopic (exact) mass is 288 g/mol. The molecule has 0 amide bonds. The molecule has 0 saturated carbocycles. The number of aromatic nitrogens is 1. The Bertz CT molecular complexity index is 675. The van der Waals surface area contributed by atoms with Gasteiger partial charge in [-0.1, -0.05) is 35.9 Å². The van der Waals surface area contributed by atoms with E-state index in [2.05, 4.69) is 11.1 Å². The Morgan fingerprint density at radius 2 is 2.00 bits per heavy atom. The highest BCUT2D eigenvalue weighted by Gasteiger charge is 2.12. The lowest BCUT2D eigenvalue weighted by Gasteiger charge is -2.08. The zero-order valence-electron chi connectivity index (χ0n) is 10.2. The van der Waals surface area contributed by atoms with Gasteiger partial charge < -0.3 is 5.73 Å². The van der Waals surface area contributed by atoms with Gasteiger partial charge in [0.1, 0.15) is 5.01 Å². The molecule has 0 aliphatic rings. The van der Waals surface area contributed by atoms with E-state index in [4.69, 9.17) is 17.3 Å². The molecule has 2 nitrogen and oxygen atoms in total. The lowest BCUT2D eigenvalue weighted by Crippen LogP contribution is -2.12. The third-order valence-corrected chi connectivity index (χ3v) is 4.38. The topological polar surface area (TPSA) is 38.9 Å². The second-order valence-electron chi connectivity index (χ2n) is 4.46. The summed E-state index contributed by atoms with van der Waals surface area (Å²) in [6.07, 6.45) is 0.750. The van der Waals surface area contributed by atoms with Crippen molar-refractivity contribution in [2.75, 3.05) is 0 Å². The Kier molecular flexibility index (Phi) is 3.51. The second-order valence-corrected chi connectivity index (χ2v) is 5.96. The van der Waals surface area contributed by atoms with Gasteiger partial charge in [-0.2, -0.15) is 0 Å². The minimum absolute atomic E-state index is 0.0872. The molecule has 0 bridgehead atoms. The fourth-order valence-electron chi connectivity index (χ4n) is 2.05. The SMILES string of the molecule is NC(Cc1cccc(Cl)c1)c1nc2ccccc2s1. The number of nitrogens with zero attached hydrogens (tertiary/aromatic N) is 1. The van der Waals surface area contributed by atoms with Crippen molar-refractivity contribution in [1.82, 2.24) is 4.98 Å². The summed E-state index contributed by atoms with van der Waals surface area (Å²) in [5, 5.41) is 1.72. The molecule has 1 heterocycles.